The van der Waals surface area contributed by atoms with Crippen molar-refractivity contribution < 1.29 is 64.7 Å². The molecule has 23 nitrogen and oxygen atoms in total. The van der Waals surface area contributed by atoms with E-state index in [1.807, 2.05) is 0 Å². The monoisotopic (exact) mass is 868 g/mol. The zero-order chi connectivity index (χ0) is 42.5. The summed E-state index contributed by atoms with van der Waals surface area (Å²) in [7, 11) is -9.45. The normalized spacial score (nSPS) is 30.9. The molecule has 7 rings (SSSR count). The second-order valence-corrected chi connectivity index (χ2v) is 19.1. The summed E-state index contributed by atoms with van der Waals surface area (Å²) in [5.41, 5.74) is 10.9. The van der Waals surface area contributed by atoms with E-state index in [2.05, 4.69) is 29.9 Å². The van der Waals surface area contributed by atoms with Crippen LogP contribution in [0.2, 0.25) is 0 Å². The maximum atomic E-state index is 16.8. The van der Waals surface area contributed by atoms with Crippen molar-refractivity contribution in [3.05, 3.63) is 37.2 Å². The lowest BCUT2D eigenvalue weighted by Crippen LogP contribution is -2.34. The first-order valence-corrected chi connectivity index (χ1v) is 21.2. The third kappa shape index (κ3) is 9.01. The summed E-state index contributed by atoms with van der Waals surface area (Å²) >= 11 is 0. The van der Waals surface area contributed by atoms with Crippen molar-refractivity contribution >= 4 is 61.3 Å². The van der Waals surface area contributed by atoms with Gasteiger partial charge in [-0.15, -0.1) is 0 Å². The maximum Gasteiger partial charge on any atom is 0.478 e. The predicted octanol–water partition coefficient (Wildman–Crippen LogP) is 4.10. The van der Waals surface area contributed by atoms with Crippen LogP contribution >= 0.6 is 15.4 Å². The minimum Gasteiger partial charge on any atom is -0.438 e. The van der Waals surface area contributed by atoms with Crippen LogP contribution < -0.4 is 11.5 Å². The fourth-order valence-electron chi connectivity index (χ4n) is 6.05. The number of nitrogens with zero attached hydrogens (tertiary/aromatic N) is 8. The first-order chi connectivity index (χ1) is 27.8. The lowest BCUT2D eigenvalue weighted by atomic mass is 9.98. The van der Waals surface area contributed by atoms with Crippen LogP contribution in [0.3, 0.4) is 0 Å². The number of alkyl halides is 1. The summed E-state index contributed by atoms with van der Waals surface area (Å²) in [6.07, 6.45) is -4.27. The van der Waals surface area contributed by atoms with Crippen LogP contribution in [0.15, 0.2) is 37.2 Å². The van der Waals surface area contributed by atoms with E-state index in [1.165, 1.54) is 34.2 Å². The Bertz CT molecular complexity index is 2350. The molecule has 4 aromatic rings. The average Bonchev–Trinajstić information content (AvgIpc) is 3.95. The second kappa shape index (κ2) is 16.2. The molecular formula is C33H43FN10O13P2. The fourth-order valence-corrected chi connectivity index (χ4v) is 8.69. The largest absolute Gasteiger partial charge is 0.478 e. The molecular weight excluding hydrogens is 825 g/mol. The number of rotatable bonds is 8. The molecule has 26 heteroatoms. The van der Waals surface area contributed by atoms with Crippen LogP contribution in [-0.2, 0) is 60.3 Å². The molecule has 9 atom stereocenters. The van der Waals surface area contributed by atoms with Gasteiger partial charge in [-0.25, -0.2) is 43.4 Å². The molecule has 0 aliphatic carbocycles. The van der Waals surface area contributed by atoms with Crippen LogP contribution in [0.25, 0.3) is 22.3 Å². The van der Waals surface area contributed by atoms with E-state index in [0.29, 0.717) is 5.65 Å². The van der Waals surface area contributed by atoms with Gasteiger partial charge in [0.2, 0.25) is 13.6 Å². The van der Waals surface area contributed by atoms with Gasteiger partial charge in [-0.3, -0.25) is 41.4 Å². The van der Waals surface area contributed by atoms with Gasteiger partial charge >= 0.3 is 27.4 Å². The molecule has 0 spiro atoms. The number of carbonyl (C=O) groups excluding carboxylic acids is 2. The molecule has 2 fully saturated rings. The van der Waals surface area contributed by atoms with E-state index >= 15 is 4.39 Å². The standard InChI is InChI=1S/C33H43FN10O13P2/c1-32(2,3)30(45)49-15-52-58(47)8-7-17-18(9-20(54-17)43-13-41-22-25(35)37-11-39-27(22)43)56-59(48,53-16-50-31(46)33(4,5)6)51-10-19-24(57-58)21(34)29(55-19)44-14-42-23-26(36)38-12-40-28(23)44/h7-8,11-14,17-21,24,29H,9-10,15-16H2,1-6H3,(H2,35,37,39)(H2,36,38,40)/b8-7-/t17-,18+,19-,20-,21-,24-,29-,58?,59?/m1/s1. The zero-order valence-corrected chi connectivity index (χ0v) is 34.4. The predicted molar refractivity (Wildman–Crippen MR) is 200 cm³/mol. The van der Waals surface area contributed by atoms with Crippen molar-refractivity contribution in [3.8, 4) is 0 Å². The van der Waals surface area contributed by atoms with Crippen LogP contribution in [-0.4, -0.2) is 102 Å². The SMILES string of the molecule is CC(C)(C)C(=O)OCOP1(=O)/C=C\[C@H]2O[C@@H](n3cnc4c(N)ncnc43)C[C@@H]2OP(=O)(OCOC(=O)C(C)(C)C)OC[C@H]2O[C@@H](n3cnc4c(N)ncnc43)[C@H](F)[C@@H]2O1. The third-order valence-corrected chi connectivity index (χ3v) is 12.1. The van der Waals surface area contributed by atoms with Crippen molar-refractivity contribution in [1.82, 2.24) is 39.0 Å². The van der Waals surface area contributed by atoms with E-state index in [-0.39, 0.29) is 34.7 Å². The molecule has 320 valence electrons. The highest BCUT2D eigenvalue weighted by molar-refractivity contribution is 7.57. The van der Waals surface area contributed by atoms with E-state index in [1.54, 1.807) is 41.5 Å². The highest BCUT2D eigenvalue weighted by atomic mass is 31.2. The van der Waals surface area contributed by atoms with Gasteiger partial charge < -0.3 is 30.4 Å². The number of fused-ring (bicyclic) bond motifs is 4. The number of phosphoric acid groups is 1. The summed E-state index contributed by atoms with van der Waals surface area (Å²) in [6, 6.07) is 0. The molecule has 2 unspecified atom stereocenters. The van der Waals surface area contributed by atoms with Crippen molar-refractivity contribution in [2.24, 2.45) is 10.8 Å². The number of hydrogen-bond donors (Lipinski definition) is 2. The lowest BCUT2D eigenvalue weighted by Gasteiger charge is -2.28. The minimum absolute atomic E-state index is 0.0112. The van der Waals surface area contributed by atoms with Crippen LogP contribution in [0.1, 0.15) is 60.4 Å². The summed E-state index contributed by atoms with van der Waals surface area (Å²) in [4.78, 5) is 49.9. The highest BCUT2D eigenvalue weighted by Gasteiger charge is 2.53. The molecule has 0 aromatic carbocycles. The topological polar surface area (TPSA) is 291 Å². The smallest absolute Gasteiger partial charge is 0.438 e. The Balaban J connectivity index is 1.25. The number of nitrogens with two attached hydrogens (primary N) is 2. The number of anilines is 2. The Labute approximate surface area is 335 Å². The summed E-state index contributed by atoms with van der Waals surface area (Å²) in [5.74, 6) is -0.283. The quantitative estimate of drug-likeness (QED) is 0.143. The summed E-state index contributed by atoms with van der Waals surface area (Å²) in [6.45, 7) is 7.12. The Morgan fingerprint density at radius 3 is 2.00 bits per heavy atom. The molecule has 0 saturated carbocycles. The van der Waals surface area contributed by atoms with E-state index in [0.717, 1.165) is 12.1 Å². The number of esters is 2. The molecule has 7 heterocycles. The third-order valence-electron chi connectivity index (χ3n) is 9.18. The Kier molecular flexibility index (Phi) is 11.7. The Hall–Kier alpha value is -4.51. The van der Waals surface area contributed by atoms with Gasteiger partial charge in [-0.05, 0) is 47.6 Å². The number of carbonyl (C=O) groups is 2. The van der Waals surface area contributed by atoms with Crippen molar-refractivity contribution in [2.45, 2.75) is 91.0 Å². The number of aromatic nitrogens is 8. The molecule has 4 aromatic heterocycles. The first kappa shape index (κ1) is 42.6. The van der Waals surface area contributed by atoms with Crippen molar-refractivity contribution in [3.63, 3.8) is 0 Å². The van der Waals surface area contributed by atoms with Gasteiger partial charge in [-0.1, -0.05) is 0 Å². The minimum atomic E-state index is -4.81. The maximum absolute atomic E-state index is 16.8. The fraction of sp³-hybridized carbons (Fsp3) is 0.576. The zero-order valence-electron chi connectivity index (χ0n) is 32.6. The number of nitrogen functional groups attached to an aromatic ring is 2. The summed E-state index contributed by atoms with van der Waals surface area (Å²) in [5, 5.41) is 0. The number of halogens is 1. The molecule has 3 aliphatic heterocycles. The van der Waals surface area contributed by atoms with Gasteiger partial charge in [0, 0.05) is 12.2 Å². The molecule has 0 bridgehead atoms. The van der Waals surface area contributed by atoms with Crippen molar-refractivity contribution in [1.29, 1.82) is 0 Å². The molecule has 59 heavy (non-hydrogen) atoms. The molecule has 2 saturated heterocycles. The lowest BCUT2D eigenvalue weighted by molar-refractivity contribution is -0.161. The van der Waals surface area contributed by atoms with Crippen LogP contribution in [0.4, 0.5) is 16.0 Å². The van der Waals surface area contributed by atoms with Gasteiger partial charge in [0.15, 0.2) is 35.3 Å². The Morgan fingerprint density at radius 2 is 1.39 bits per heavy atom. The van der Waals surface area contributed by atoms with Gasteiger partial charge in [-0.2, -0.15) is 0 Å². The molecule has 3 aliphatic rings. The van der Waals surface area contributed by atoms with Crippen LogP contribution in [0, 0.1) is 10.8 Å². The van der Waals surface area contributed by atoms with Crippen molar-refractivity contribution in [2.75, 3.05) is 31.7 Å². The molecule has 0 amide bonds. The number of ether oxygens (including phenoxy) is 4. The van der Waals surface area contributed by atoms with Gasteiger partial charge in [0.25, 0.3) is 0 Å². The molecule has 4 N–H and O–H groups in total. The number of hydrogen-bond acceptors (Lipinski definition) is 21. The number of phosphoric ester groups is 1. The van der Waals surface area contributed by atoms with Gasteiger partial charge in [0.05, 0.1) is 30.1 Å². The number of imidazole rings is 2. The highest BCUT2D eigenvalue weighted by Crippen LogP contribution is 2.58. The van der Waals surface area contributed by atoms with E-state index < -0.39 is 101 Å². The molecule has 0 radical (unpaired) electrons. The average molecular weight is 869 g/mol. The second-order valence-electron chi connectivity index (χ2n) is 15.7. The van der Waals surface area contributed by atoms with Crippen LogP contribution in [0.5, 0.6) is 0 Å². The van der Waals surface area contributed by atoms with E-state index in [4.69, 9.17) is 53.0 Å². The summed E-state index contributed by atoms with van der Waals surface area (Å²) < 4.78 is 100. The van der Waals surface area contributed by atoms with E-state index in [9.17, 15) is 18.7 Å². The first-order valence-electron chi connectivity index (χ1n) is 18.1. The Morgan fingerprint density at radius 1 is 0.814 bits per heavy atom. The van der Waals surface area contributed by atoms with Gasteiger partial charge in [0.1, 0.15) is 54.3 Å².